The summed E-state index contributed by atoms with van der Waals surface area (Å²) in [5, 5.41) is 3.03. The van der Waals surface area contributed by atoms with Gasteiger partial charge in [0.15, 0.2) is 0 Å². The summed E-state index contributed by atoms with van der Waals surface area (Å²) in [7, 11) is 0.0760. The molecular formula is C17H17Cl3N2O5S. The Hall–Kier alpha value is -1.71. The highest BCUT2D eigenvalue weighted by molar-refractivity contribution is 7.89. The van der Waals surface area contributed by atoms with Crippen molar-refractivity contribution in [2.24, 2.45) is 0 Å². The number of carbonyl (C=O) groups is 1. The fourth-order valence-corrected chi connectivity index (χ4v) is 4.38. The van der Waals surface area contributed by atoms with Gasteiger partial charge in [0.1, 0.15) is 16.4 Å². The van der Waals surface area contributed by atoms with Crippen molar-refractivity contribution in [3.8, 4) is 11.5 Å². The van der Waals surface area contributed by atoms with Gasteiger partial charge in [0.25, 0.3) is 0 Å². The van der Waals surface area contributed by atoms with Crippen molar-refractivity contribution in [1.29, 1.82) is 0 Å². The van der Waals surface area contributed by atoms with Gasteiger partial charge in [-0.1, -0.05) is 34.8 Å². The van der Waals surface area contributed by atoms with Crippen molar-refractivity contribution in [2.75, 3.05) is 33.1 Å². The van der Waals surface area contributed by atoms with Gasteiger partial charge in [-0.15, -0.1) is 0 Å². The van der Waals surface area contributed by atoms with Gasteiger partial charge in [0, 0.05) is 18.1 Å². The smallest absolute Gasteiger partial charge is 0.244 e. The molecule has 0 unspecified atom stereocenters. The molecule has 11 heteroatoms. The lowest BCUT2D eigenvalue weighted by molar-refractivity contribution is -0.116. The van der Waals surface area contributed by atoms with Crippen molar-refractivity contribution in [3.05, 3.63) is 45.4 Å². The van der Waals surface area contributed by atoms with Gasteiger partial charge in [-0.05, 0) is 24.3 Å². The molecule has 0 atom stereocenters. The van der Waals surface area contributed by atoms with Crippen LogP contribution in [0.15, 0.2) is 35.2 Å². The number of nitrogens with one attached hydrogen (secondary N) is 1. The first kappa shape index (κ1) is 22.6. The number of carbonyl (C=O) groups excluding carboxylic acids is 1. The first-order chi connectivity index (χ1) is 13.1. The van der Waals surface area contributed by atoms with Crippen molar-refractivity contribution >= 4 is 56.4 Å². The van der Waals surface area contributed by atoms with Crippen LogP contribution in [-0.4, -0.2) is 46.4 Å². The number of benzene rings is 2. The molecule has 2 aromatic rings. The molecule has 1 N–H and O–H groups in total. The number of likely N-dealkylation sites (N-methyl/N-ethyl adjacent to an activating group) is 1. The SMILES string of the molecule is COc1cc(OC)c(NC(=O)CN(C)S(=O)(=O)c2cc(Cl)ccc2Cl)cc1Cl. The van der Waals surface area contributed by atoms with Crippen molar-refractivity contribution < 1.29 is 22.7 Å². The van der Waals surface area contributed by atoms with E-state index in [0.29, 0.717) is 11.5 Å². The standard InChI is InChI=1S/C17H17Cl3N2O5S/c1-22(28(24,25)16-6-10(18)4-5-11(16)19)9-17(23)21-13-7-12(20)14(26-2)8-15(13)27-3/h4-8H,9H2,1-3H3,(H,21,23). The first-order valence-corrected chi connectivity index (χ1v) is 10.3. The topological polar surface area (TPSA) is 84.9 Å². The number of methoxy groups -OCH3 is 2. The van der Waals surface area contributed by atoms with Crippen LogP contribution in [0.5, 0.6) is 11.5 Å². The van der Waals surface area contributed by atoms with E-state index in [1.54, 1.807) is 0 Å². The average molecular weight is 468 g/mol. The van der Waals surface area contributed by atoms with E-state index in [0.717, 1.165) is 4.31 Å². The second kappa shape index (κ2) is 9.19. The molecule has 0 fully saturated rings. The van der Waals surface area contributed by atoms with Gasteiger partial charge in [-0.25, -0.2) is 8.42 Å². The van der Waals surface area contributed by atoms with Gasteiger partial charge in [0.05, 0.1) is 36.5 Å². The van der Waals surface area contributed by atoms with E-state index in [4.69, 9.17) is 44.3 Å². The number of halogens is 3. The average Bonchev–Trinajstić information content (AvgIpc) is 2.63. The van der Waals surface area contributed by atoms with Gasteiger partial charge in [0.2, 0.25) is 15.9 Å². The Morgan fingerprint density at radius 2 is 1.68 bits per heavy atom. The van der Waals surface area contributed by atoms with Crippen LogP contribution in [0.25, 0.3) is 0 Å². The maximum absolute atomic E-state index is 12.7. The normalized spacial score (nSPS) is 11.4. The highest BCUT2D eigenvalue weighted by Crippen LogP contribution is 2.36. The summed E-state index contributed by atoms with van der Waals surface area (Å²) in [6, 6.07) is 7.01. The molecular weight excluding hydrogens is 451 g/mol. The number of amides is 1. The fourth-order valence-electron chi connectivity index (χ4n) is 2.28. The Balaban J connectivity index is 2.21. The zero-order valence-corrected chi connectivity index (χ0v) is 18.2. The number of anilines is 1. The van der Waals surface area contributed by atoms with Crippen LogP contribution in [0.3, 0.4) is 0 Å². The quantitative estimate of drug-likeness (QED) is 0.667. The van der Waals surface area contributed by atoms with Gasteiger partial charge < -0.3 is 14.8 Å². The molecule has 0 saturated heterocycles. The lowest BCUT2D eigenvalue weighted by atomic mass is 10.2. The van der Waals surface area contributed by atoms with E-state index in [1.807, 2.05) is 0 Å². The summed E-state index contributed by atoms with van der Waals surface area (Å²) in [4.78, 5) is 12.2. The number of hydrogen-bond donors (Lipinski definition) is 1. The van der Waals surface area contributed by atoms with Crippen molar-refractivity contribution in [2.45, 2.75) is 4.90 Å². The molecule has 0 aliphatic heterocycles. The monoisotopic (exact) mass is 466 g/mol. The molecule has 0 aromatic heterocycles. The van der Waals surface area contributed by atoms with Crippen LogP contribution in [0.1, 0.15) is 0 Å². The van der Waals surface area contributed by atoms with Gasteiger partial charge >= 0.3 is 0 Å². The van der Waals surface area contributed by atoms with E-state index in [2.05, 4.69) is 5.32 Å². The van der Waals surface area contributed by atoms with Crippen molar-refractivity contribution in [1.82, 2.24) is 4.31 Å². The third kappa shape index (κ3) is 5.01. The lowest BCUT2D eigenvalue weighted by Crippen LogP contribution is -2.35. The van der Waals surface area contributed by atoms with Crippen LogP contribution < -0.4 is 14.8 Å². The molecule has 0 radical (unpaired) electrons. The minimum atomic E-state index is -4.04. The number of hydrogen-bond acceptors (Lipinski definition) is 5. The van der Waals surface area contributed by atoms with Crippen LogP contribution in [0.4, 0.5) is 5.69 Å². The predicted molar refractivity (Wildman–Crippen MR) is 109 cm³/mol. The Morgan fingerprint density at radius 1 is 1.04 bits per heavy atom. The molecule has 2 aromatic carbocycles. The molecule has 2 rings (SSSR count). The first-order valence-electron chi connectivity index (χ1n) is 7.73. The van der Waals surface area contributed by atoms with Crippen LogP contribution >= 0.6 is 34.8 Å². The molecule has 28 heavy (non-hydrogen) atoms. The summed E-state index contributed by atoms with van der Waals surface area (Å²) >= 11 is 17.9. The lowest BCUT2D eigenvalue weighted by Gasteiger charge is -2.19. The Bertz CT molecular complexity index is 999. The summed E-state index contributed by atoms with van der Waals surface area (Å²) in [6.07, 6.45) is 0. The van der Waals surface area contributed by atoms with Gasteiger partial charge in [-0.3, -0.25) is 4.79 Å². The maximum Gasteiger partial charge on any atom is 0.244 e. The third-order valence-electron chi connectivity index (χ3n) is 3.70. The molecule has 0 bridgehead atoms. The zero-order chi connectivity index (χ0) is 21.1. The van der Waals surface area contributed by atoms with Crippen LogP contribution in [0, 0.1) is 0 Å². The van der Waals surface area contributed by atoms with E-state index < -0.39 is 22.5 Å². The second-order valence-electron chi connectivity index (χ2n) is 5.57. The molecule has 0 heterocycles. The van der Waals surface area contributed by atoms with E-state index >= 15 is 0 Å². The largest absolute Gasteiger partial charge is 0.495 e. The van der Waals surface area contributed by atoms with E-state index in [9.17, 15) is 13.2 Å². The minimum Gasteiger partial charge on any atom is -0.495 e. The molecule has 0 aliphatic rings. The summed E-state index contributed by atoms with van der Waals surface area (Å²) < 4.78 is 36.5. The molecule has 0 spiro atoms. The zero-order valence-electron chi connectivity index (χ0n) is 15.1. The van der Waals surface area contributed by atoms with Gasteiger partial charge in [-0.2, -0.15) is 4.31 Å². The molecule has 7 nitrogen and oxygen atoms in total. The second-order valence-corrected chi connectivity index (χ2v) is 8.84. The molecule has 1 amide bonds. The Kier molecular flexibility index (Phi) is 7.41. The maximum atomic E-state index is 12.7. The highest BCUT2D eigenvalue weighted by Gasteiger charge is 2.26. The Morgan fingerprint density at radius 3 is 2.29 bits per heavy atom. The number of nitrogens with zero attached hydrogens (tertiary/aromatic N) is 1. The molecule has 0 saturated carbocycles. The molecule has 152 valence electrons. The summed E-state index contributed by atoms with van der Waals surface area (Å²) in [6.45, 7) is -0.474. The molecule has 0 aliphatic carbocycles. The number of ether oxygens (including phenoxy) is 2. The summed E-state index contributed by atoms with van der Waals surface area (Å²) in [5.74, 6) is 0.0635. The predicted octanol–water partition coefficient (Wildman–Crippen LogP) is 3.92. The van der Waals surface area contributed by atoms with Crippen LogP contribution in [0.2, 0.25) is 15.1 Å². The number of rotatable bonds is 7. The van der Waals surface area contributed by atoms with E-state index in [-0.39, 0.29) is 25.7 Å². The summed E-state index contributed by atoms with van der Waals surface area (Å²) in [5.41, 5.74) is 0.268. The highest BCUT2D eigenvalue weighted by atomic mass is 35.5. The fraction of sp³-hybridized carbons (Fsp3) is 0.235. The number of sulfonamides is 1. The van der Waals surface area contributed by atoms with E-state index in [1.165, 1.54) is 51.6 Å². The third-order valence-corrected chi connectivity index (χ3v) is 6.51. The Labute approximate surface area is 178 Å². The van der Waals surface area contributed by atoms with Crippen LogP contribution in [-0.2, 0) is 14.8 Å². The minimum absolute atomic E-state index is 0.000244. The van der Waals surface area contributed by atoms with Crippen molar-refractivity contribution in [3.63, 3.8) is 0 Å².